The minimum absolute atomic E-state index is 0.00488. The largest absolute Gasteiger partial charge is 0.350 e. The fraction of sp³-hybridized carbons (Fsp3) is 0.471. The molecule has 106 valence electrons. The second-order valence-corrected chi connectivity index (χ2v) is 5.91. The van der Waals surface area contributed by atoms with Crippen molar-refractivity contribution in [2.24, 2.45) is 0 Å². The molecule has 1 N–H and O–H groups in total. The minimum Gasteiger partial charge on any atom is -0.350 e. The molecule has 3 nitrogen and oxygen atoms in total. The summed E-state index contributed by atoms with van der Waals surface area (Å²) in [5.74, 6) is 2.51. The lowest BCUT2D eigenvalue weighted by atomic mass is 10.0. The van der Waals surface area contributed by atoms with Gasteiger partial charge in [0.2, 0.25) is 0 Å². The number of likely N-dealkylation sites (tertiary alicyclic amines) is 1. The highest BCUT2D eigenvalue weighted by atomic mass is 16.1. The quantitative estimate of drug-likeness (QED) is 0.851. The average molecular weight is 270 g/mol. The van der Waals surface area contributed by atoms with Gasteiger partial charge in [0.1, 0.15) is 0 Å². The molecule has 2 rings (SSSR count). The Labute approximate surface area is 121 Å². The number of amides is 1. The molecular weight excluding hydrogens is 248 g/mol. The van der Waals surface area contributed by atoms with Gasteiger partial charge in [0.25, 0.3) is 5.91 Å². The summed E-state index contributed by atoms with van der Waals surface area (Å²) < 4.78 is 0. The van der Waals surface area contributed by atoms with Gasteiger partial charge < -0.3 is 5.32 Å². The van der Waals surface area contributed by atoms with Gasteiger partial charge in [-0.25, -0.2) is 0 Å². The third-order valence-electron chi connectivity index (χ3n) is 3.96. The van der Waals surface area contributed by atoms with Crippen LogP contribution in [-0.4, -0.2) is 36.0 Å². The summed E-state index contributed by atoms with van der Waals surface area (Å²) in [6.07, 6.45) is 7.82. The van der Waals surface area contributed by atoms with Crippen LogP contribution in [0.1, 0.15) is 42.6 Å². The van der Waals surface area contributed by atoms with E-state index in [1.54, 1.807) is 24.3 Å². The summed E-state index contributed by atoms with van der Waals surface area (Å²) in [7, 11) is 0. The predicted molar refractivity (Wildman–Crippen MR) is 81.6 cm³/mol. The molecule has 0 saturated carbocycles. The molecular formula is C17H22N2O. The third kappa shape index (κ3) is 3.40. The molecule has 0 spiro atoms. The van der Waals surface area contributed by atoms with Gasteiger partial charge in [-0.2, -0.15) is 0 Å². The maximum Gasteiger partial charge on any atom is 0.251 e. The lowest BCUT2D eigenvalue weighted by Crippen LogP contribution is -2.50. The van der Waals surface area contributed by atoms with Crippen molar-refractivity contribution in [3.05, 3.63) is 35.4 Å². The summed E-state index contributed by atoms with van der Waals surface area (Å²) in [4.78, 5) is 14.6. The van der Waals surface area contributed by atoms with Crippen molar-refractivity contribution in [2.75, 3.05) is 19.6 Å². The Morgan fingerprint density at radius 3 is 2.45 bits per heavy atom. The first-order valence-electron chi connectivity index (χ1n) is 7.13. The van der Waals surface area contributed by atoms with E-state index in [0.29, 0.717) is 12.1 Å². The van der Waals surface area contributed by atoms with E-state index in [1.165, 1.54) is 12.8 Å². The topological polar surface area (TPSA) is 32.3 Å². The van der Waals surface area contributed by atoms with Crippen LogP contribution in [0.4, 0.5) is 0 Å². The van der Waals surface area contributed by atoms with Crippen LogP contribution in [0, 0.1) is 12.3 Å². The van der Waals surface area contributed by atoms with Crippen molar-refractivity contribution in [2.45, 2.75) is 32.2 Å². The number of carbonyl (C=O) groups excluding carboxylic acids is 1. The molecule has 0 aromatic heterocycles. The molecule has 1 aliphatic rings. The average Bonchev–Trinajstić information content (AvgIpc) is 3.00. The number of hydrogen-bond acceptors (Lipinski definition) is 2. The molecule has 0 aliphatic carbocycles. The number of rotatable bonds is 4. The maximum absolute atomic E-state index is 12.1. The first-order chi connectivity index (χ1) is 9.53. The van der Waals surface area contributed by atoms with Gasteiger partial charge in [-0.1, -0.05) is 5.92 Å². The van der Waals surface area contributed by atoms with Gasteiger partial charge >= 0.3 is 0 Å². The number of nitrogens with zero attached hydrogens (tertiary/aromatic N) is 1. The molecule has 0 bridgehead atoms. The number of hydrogen-bond donors (Lipinski definition) is 1. The molecule has 1 heterocycles. The second-order valence-electron chi connectivity index (χ2n) is 5.91. The molecule has 1 fully saturated rings. The van der Waals surface area contributed by atoms with E-state index in [4.69, 9.17) is 6.42 Å². The van der Waals surface area contributed by atoms with Gasteiger partial charge in [0.05, 0.1) is 0 Å². The summed E-state index contributed by atoms with van der Waals surface area (Å²) >= 11 is 0. The molecule has 0 unspecified atom stereocenters. The lowest BCUT2D eigenvalue weighted by Gasteiger charge is -2.35. The molecule has 1 aromatic rings. The molecule has 20 heavy (non-hydrogen) atoms. The van der Waals surface area contributed by atoms with Crippen LogP contribution in [-0.2, 0) is 0 Å². The van der Waals surface area contributed by atoms with E-state index in [1.807, 2.05) is 0 Å². The Morgan fingerprint density at radius 2 is 1.90 bits per heavy atom. The van der Waals surface area contributed by atoms with Crippen molar-refractivity contribution in [1.29, 1.82) is 0 Å². The Kier molecular flexibility index (Phi) is 4.46. The van der Waals surface area contributed by atoms with Crippen LogP contribution in [0.15, 0.2) is 24.3 Å². The highest BCUT2D eigenvalue weighted by Crippen LogP contribution is 2.20. The van der Waals surface area contributed by atoms with E-state index >= 15 is 0 Å². The monoisotopic (exact) mass is 270 g/mol. The molecule has 3 heteroatoms. The van der Waals surface area contributed by atoms with E-state index in [9.17, 15) is 4.79 Å². The van der Waals surface area contributed by atoms with E-state index in [-0.39, 0.29) is 11.4 Å². The molecule has 1 aromatic carbocycles. The highest BCUT2D eigenvalue weighted by Gasteiger charge is 2.29. The Morgan fingerprint density at radius 1 is 1.30 bits per heavy atom. The summed E-state index contributed by atoms with van der Waals surface area (Å²) in [5.41, 5.74) is 1.45. The smallest absolute Gasteiger partial charge is 0.251 e. The fourth-order valence-corrected chi connectivity index (χ4v) is 2.55. The highest BCUT2D eigenvalue weighted by molar-refractivity contribution is 5.94. The van der Waals surface area contributed by atoms with Gasteiger partial charge in [0, 0.05) is 23.2 Å². The lowest BCUT2D eigenvalue weighted by molar-refractivity contribution is 0.0902. The van der Waals surface area contributed by atoms with Gasteiger partial charge in [-0.05, 0) is 64.0 Å². The van der Waals surface area contributed by atoms with Crippen molar-refractivity contribution < 1.29 is 4.79 Å². The van der Waals surface area contributed by atoms with Crippen LogP contribution in [0.2, 0.25) is 0 Å². The summed E-state index contributed by atoms with van der Waals surface area (Å²) in [5, 5.41) is 3.02. The van der Waals surface area contributed by atoms with Crippen molar-refractivity contribution >= 4 is 5.91 Å². The fourth-order valence-electron chi connectivity index (χ4n) is 2.55. The standard InChI is InChI=1S/C17H22N2O/c1-4-14-7-9-15(10-8-14)16(20)18-13-17(2,3)19-11-5-6-12-19/h1,7-10H,5-6,11-13H2,2-3H3,(H,18,20). The zero-order chi connectivity index (χ0) is 14.6. The molecule has 1 saturated heterocycles. The van der Waals surface area contributed by atoms with Crippen LogP contribution in [0.5, 0.6) is 0 Å². The first kappa shape index (κ1) is 14.6. The van der Waals surface area contributed by atoms with Gasteiger partial charge in [-0.3, -0.25) is 9.69 Å². The van der Waals surface area contributed by atoms with Crippen molar-refractivity contribution in [3.8, 4) is 12.3 Å². The second kappa shape index (κ2) is 6.11. The summed E-state index contributed by atoms with van der Waals surface area (Å²) in [6, 6.07) is 7.13. The number of nitrogens with one attached hydrogen (secondary N) is 1. The van der Waals surface area contributed by atoms with Gasteiger partial charge in [0.15, 0.2) is 0 Å². The predicted octanol–water partition coefficient (Wildman–Crippen LogP) is 2.27. The summed E-state index contributed by atoms with van der Waals surface area (Å²) in [6.45, 7) is 7.27. The van der Waals surface area contributed by atoms with Crippen molar-refractivity contribution in [3.63, 3.8) is 0 Å². The minimum atomic E-state index is -0.0409. The normalized spacial score (nSPS) is 15.8. The maximum atomic E-state index is 12.1. The Bertz CT molecular complexity index is 505. The Hall–Kier alpha value is -1.79. The third-order valence-corrected chi connectivity index (χ3v) is 3.96. The number of carbonyl (C=O) groups is 1. The zero-order valence-electron chi connectivity index (χ0n) is 12.3. The van der Waals surface area contributed by atoms with Crippen LogP contribution < -0.4 is 5.32 Å². The molecule has 1 aliphatic heterocycles. The van der Waals surface area contributed by atoms with Crippen LogP contribution in [0.25, 0.3) is 0 Å². The van der Waals surface area contributed by atoms with E-state index < -0.39 is 0 Å². The van der Waals surface area contributed by atoms with E-state index in [2.05, 4.69) is 30.0 Å². The van der Waals surface area contributed by atoms with E-state index in [0.717, 1.165) is 18.7 Å². The molecule has 0 radical (unpaired) electrons. The Balaban J connectivity index is 1.92. The molecule has 1 amide bonds. The van der Waals surface area contributed by atoms with Crippen LogP contribution >= 0.6 is 0 Å². The first-order valence-corrected chi connectivity index (χ1v) is 7.13. The van der Waals surface area contributed by atoms with Crippen LogP contribution in [0.3, 0.4) is 0 Å². The SMILES string of the molecule is C#Cc1ccc(C(=O)NCC(C)(C)N2CCCC2)cc1. The van der Waals surface area contributed by atoms with Gasteiger partial charge in [-0.15, -0.1) is 6.42 Å². The number of benzene rings is 1. The molecule has 0 atom stereocenters. The zero-order valence-corrected chi connectivity index (χ0v) is 12.3. The van der Waals surface area contributed by atoms with Crippen molar-refractivity contribution in [1.82, 2.24) is 10.2 Å². The number of terminal acetylenes is 1.